The molecule has 0 saturated carbocycles. The maximum absolute atomic E-state index is 13.9. The van der Waals surface area contributed by atoms with Gasteiger partial charge in [0.1, 0.15) is 11.6 Å². The van der Waals surface area contributed by atoms with E-state index >= 15 is 0 Å². The number of amides is 1. The van der Waals surface area contributed by atoms with Crippen molar-refractivity contribution in [3.8, 4) is 5.75 Å². The van der Waals surface area contributed by atoms with E-state index in [0.29, 0.717) is 30.1 Å². The average molecular weight is 466 g/mol. The van der Waals surface area contributed by atoms with Crippen molar-refractivity contribution < 1.29 is 9.53 Å². The fourth-order valence-corrected chi connectivity index (χ4v) is 4.60. The second-order valence-corrected chi connectivity index (χ2v) is 8.84. The van der Waals surface area contributed by atoms with Gasteiger partial charge in [0, 0.05) is 13.0 Å². The fraction of sp³-hybridized carbons (Fsp3) is 0.207. The summed E-state index contributed by atoms with van der Waals surface area (Å²) in [5, 5.41) is 0. The molecule has 1 aliphatic rings. The lowest BCUT2D eigenvalue weighted by Crippen LogP contribution is -2.43. The molecule has 1 aromatic heterocycles. The van der Waals surface area contributed by atoms with Crippen molar-refractivity contribution in [1.82, 2.24) is 14.5 Å². The lowest BCUT2D eigenvalue weighted by atomic mass is 9.97. The van der Waals surface area contributed by atoms with Gasteiger partial charge in [-0.25, -0.2) is 9.78 Å². The minimum Gasteiger partial charge on any atom is -0.410 e. The van der Waals surface area contributed by atoms with Crippen molar-refractivity contribution in [1.29, 1.82) is 0 Å². The van der Waals surface area contributed by atoms with Crippen LogP contribution in [0.1, 0.15) is 39.8 Å². The number of fused-ring (bicyclic) bond motifs is 1. The van der Waals surface area contributed by atoms with E-state index in [4.69, 9.17) is 9.72 Å². The summed E-state index contributed by atoms with van der Waals surface area (Å²) < 4.78 is 7.31. The van der Waals surface area contributed by atoms with Gasteiger partial charge in [-0.1, -0.05) is 78.4 Å². The van der Waals surface area contributed by atoms with Crippen LogP contribution in [0.5, 0.6) is 5.75 Å². The summed E-state index contributed by atoms with van der Waals surface area (Å²) >= 11 is 0. The third-order valence-corrected chi connectivity index (χ3v) is 6.41. The minimum absolute atomic E-state index is 0.127. The number of benzene rings is 3. The van der Waals surface area contributed by atoms with Crippen molar-refractivity contribution in [2.75, 3.05) is 6.54 Å². The molecule has 0 N–H and O–H groups in total. The molecule has 3 aromatic carbocycles. The van der Waals surface area contributed by atoms with E-state index < -0.39 is 6.09 Å². The second kappa shape index (κ2) is 9.58. The molecular weight excluding hydrogens is 438 g/mol. The topological polar surface area (TPSA) is 64.4 Å². The van der Waals surface area contributed by atoms with Crippen LogP contribution < -0.4 is 10.3 Å². The summed E-state index contributed by atoms with van der Waals surface area (Å²) in [5.41, 5.74) is 4.25. The maximum atomic E-state index is 13.9. The normalized spacial score (nSPS) is 12.9. The highest BCUT2D eigenvalue weighted by molar-refractivity contribution is 5.71. The van der Waals surface area contributed by atoms with Crippen LogP contribution >= 0.6 is 0 Å². The lowest BCUT2D eigenvalue weighted by Gasteiger charge is -2.30. The largest absolute Gasteiger partial charge is 0.415 e. The summed E-state index contributed by atoms with van der Waals surface area (Å²) in [5.74, 6) is 1.14. The van der Waals surface area contributed by atoms with Gasteiger partial charge in [-0.2, -0.15) is 0 Å². The van der Waals surface area contributed by atoms with Crippen LogP contribution in [0.2, 0.25) is 0 Å². The average Bonchev–Trinajstić information content (AvgIpc) is 2.88. The van der Waals surface area contributed by atoms with E-state index in [2.05, 4.69) is 0 Å². The van der Waals surface area contributed by atoms with Crippen molar-refractivity contribution >= 4 is 6.09 Å². The molecule has 0 aliphatic carbocycles. The molecule has 0 radical (unpaired) electrons. The first-order valence-corrected chi connectivity index (χ1v) is 11.8. The highest BCUT2D eigenvalue weighted by Gasteiger charge is 2.29. The molecule has 0 bridgehead atoms. The Bertz CT molecular complexity index is 1360. The second-order valence-electron chi connectivity index (χ2n) is 8.84. The number of aromatic nitrogens is 2. The first-order chi connectivity index (χ1) is 17.0. The van der Waals surface area contributed by atoms with Crippen molar-refractivity contribution in [2.45, 2.75) is 32.9 Å². The van der Waals surface area contributed by atoms with E-state index in [9.17, 15) is 9.59 Å². The summed E-state index contributed by atoms with van der Waals surface area (Å²) in [6, 6.07) is 26.9. The molecule has 176 valence electrons. The zero-order chi connectivity index (χ0) is 24.4. The van der Waals surface area contributed by atoms with Gasteiger partial charge in [-0.05, 0) is 37.1 Å². The standard InChI is InChI=1S/C29H27N3O3/c1-20-13-15-24(16-14-20)35-29(34)31-18-17-26-25(19-31)28(33)32(21(2)30-26)27(22-9-5-3-6-10-22)23-11-7-4-8-12-23/h3-16,27H,17-19H2,1-2H3. The summed E-state index contributed by atoms with van der Waals surface area (Å²) in [6.07, 6.45) is 0.0463. The monoisotopic (exact) mass is 465 g/mol. The van der Waals surface area contributed by atoms with Crippen LogP contribution in [-0.2, 0) is 13.0 Å². The number of carbonyl (C=O) groups excluding carboxylic acids is 1. The zero-order valence-corrected chi connectivity index (χ0v) is 19.8. The molecule has 6 heteroatoms. The van der Waals surface area contributed by atoms with Gasteiger partial charge in [0.2, 0.25) is 0 Å². The summed E-state index contributed by atoms with van der Waals surface area (Å²) in [6.45, 7) is 4.47. The molecule has 0 atom stereocenters. The van der Waals surface area contributed by atoms with Crippen molar-refractivity contribution in [2.24, 2.45) is 0 Å². The van der Waals surface area contributed by atoms with Crippen LogP contribution in [0, 0.1) is 13.8 Å². The molecule has 4 aromatic rings. The zero-order valence-electron chi connectivity index (χ0n) is 19.8. The maximum Gasteiger partial charge on any atom is 0.415 e. The third kappa shape index (κ3) is 4.60. The smallest absolute Gasteiger partial charge is 0.410 e. The van der Waals surface area contributed by atoms with Gasteiger partial charge in [-0.15, -0.1) is 0 Å². The number of hydrogen-bond acceptors (Lipinski definition) is 4. The van der Waals surface area contributed by atoms with Crippen LogP contribution in [0.4, 0.5) is 4.79 Å². The molecule has 0 unspecified atom stereocenters. The first-order valence-electron chi connectivity index (χ1n) is 11.8. The molecular formula is C29H27N3O3. The van der Waals surface area contributed by atoms with E-state index in [0.717, 1.165) is 22.4 Å². The number of nitrogens with zero attached hydrogens (tertiary/aromatic N) is 3. The Hall–Kier alpha value is -4.19. The van der Waals surface area contributed by atoms with Gasteiger partial charge >= 0.3 is 6.09 Å². The molecule has 6 nitrogen and oxygen atoms in total. The Morgan fingerprint density at radius 1 is 0.886 bits per heavy atom. The van der Waals surface area contributed by atoms with E-state index in [1.165, 1.54) is 0 Å². The fourth-order valence-electron chi connectivity index (χ4n) is 4.60. The summed E-state index contributed by atoms with van der Waals surface area (Å²) in [4.78, 5) is 33.2. The molecule has 35 heavy (non-hydrogen) atoms. The van der Waals surface area contributed by atoms with Gasteiger partial charge in [0.15, 0.2) is 0 Å². The Morgan fingerprint density at radius 3 is 2.09 bits per heavy atom. The van der Waals surface area contributed by atoms with Crippen molar-refractivity contribution in [3.05, 3.63) is 129 Å². The van der Waals surface area contributed by atoms with Gasteiger partial charge in [0.25, 0.3) is 5.56 Å². The molecule has 1 amide bonds. The number of carbonyl (C=O) groups is 1. The van der Waals surface area contributed by atoms with Gasteiger partial charge in [-0.3, -0.25) is 9.36 Å². The highest BCUT2D eigenvalue weighted by atomic mass is 16.6. The third-order valence-electron chi connectivity index (χ3n) is 6.41. The molecule has 0 spiro atoms. The minimum atomic E-state index is -0.464. The predicted octanol–water partition coefficient (Wildman–Crippen LogP) is 5.05. The number of rotatable bonds is 4. The van der Waals surface area contributed by atoms with Crippen LogP contribution in [0.3, 0.4) is 0 Å². The van der Waals surface area contributed by atoms with Crippen molar-refractivity contribution in [3.63, 3.8) is 0 Å². The van der Waals surface area contributed by atoms with Gasteiger partial charge < -0.3 is 9.64 Å². The SMILES string of the molecule is Cc1ccc(OC(=O)N2CCc3nc(C)n(C(c4ccccc4)c4ccccc4)c(=O)c3C2)cc1. The predicted molar refractivity (Wildman–Crippen MR) is 135 cm³/mol. The highest BCUT2D eigenvalue weighted by Crippen LogP contribution is 2.27. The van der Waals surface area contributed by atoms with Crippen LogP contribution in [-0.4, -0.2) is 27.1 Å². The van der Waals surface area contributed by atoms with E-state index in [1.54, 1.807) is 21.6 Å². The first kappa shape index (κ1) is 22.6. The Labute approximate surface area is 204 Å². The number of aryl methyl sites for hydroxylation is 2. The van der Waals surface area contributed by atoms with Gasteiger partial charge in [0.05, 0.1) is 23.8 Å². The summed E-state index contributed by atoms with van der Waals surface area (Å²) in [7, 11) is 0. The van der Waals surface area contributed by atoms with Crippen LogP contribution in [0.25, 0.3) is 0 Å². The number of ether oxygens (including phenoxy) is 1. The Kier molecular flexibility index (Phi) is 6.19. The molecule has 0 fully saturated rings. The Balaban J connectivity index is 1.51. The molecule has 2 heterocycles. The quantitative estimate of drug-likeness (QED) is 0.423. The van der Waals surface area contributed by atoms with Crippen LogP contribution in [0.15, 0.2) is 89.7 Å². The lowest BCUT2D eigenvalue weighted by molar-refractivity contribution is 0.146. The molecule has 0 saturated heterocycles. The molecule has 5 rings (SSSR count). The van der Waals surface area contributed by atoms with E-state index in [-0.39, 0.29) is 18.1 Å². The van der Waals surface area contributed by atoms with E-state index in [1.807, 2.05) is 86.6 Å². The Morgan fingerprint density at radius 2 is 1.49 bits per heavy atom. The molecule has 1 aliphatic heterocycles. The number of hydrogen-bond donors (Lipinski definition) is 0.